The average molecular weight is 677 g/mol. The molecule has 252 valence electrons. The average Bonchev–Trinajstić information content (AvgIpc) is 3.52. The van der Waals surface area contributed by atoms with Gasteiger partial charge in [0.2, 0.25) is 0 Å². The van der Waals surface area contributed by atoms with E-state index in [2.05, 4.69) is 0 Å². The first-order valence-electron chi connectivity index (χ1n) is 15.2. The van der Waals surface area contributed by atoms with Crippen LogP contribution in [0.25, 0.3) is 0 Å². The second-order valence-electron chi connectivity index (χ2n) is 11.6. The molecule has 2 aliphatic heterocycles. The van der Waals surface area contributed by atoms with Crippen LogP contribution in [-0.4, -0.2) is 87.7 Å². The number of carbonyl (C=O) groups excluding carboxylic acids is 7. The molecule has 13 nitrogen and oxygen atoms in total. The number of amides is 4. The van der Waals surface area contributed by atoms with Crippen molar-refractivity contribution in [3.8, 4) is 11.5 Å². The number of phenolic OH excluding ortho intramolecular Hbond substituents is 2. The zero-order chi connectivity index (χ0) is 35.9. The topological polar surface area (TPSA) is 185 Å². The van der Waals surface area contributed by atoms with Gasteiger partial charge in [-0.1, -0.05) is 36.4 Å². The van der Waals surface area contributed by atoms with Crippen LogP contribution in [0.3, 0.4) is 0 Å². The minimum atomic E-state index is -1.33. The summed E-state index contributed by atoms with van der Waals surface area (Å²) < 4.78 is 9.77. The zero-order valence-corrected chi connectivity index (χ0v) is 26.6. The number of hydrogen-bond acceptors (Lipinski definition) is 11. The maximum atomic E-state index is 13.7. The third kappa shape index (κ3) is 5.85. The summed E-state index contributed by atoms with van der Waals surface area (Å²) in [6.07, 6.45) is -0.177. The van der Waals surface area contributed by atoms with Crippen LogP contribution in [0.2, 0.25) is 0 Å². The molecule has 4 aromatic rings. The number of nitrogens with zero attached hydrogens (tertiary/aromatic N) is 2. The Morgan fingerprint density at radius 1 is 0.540 bits per heavy atom. The van der Waals surface area contributed by atoms with Crippen LogP contribution in [0.5, 0.6) is 11.5 Å². The molecule has 0 radical (unpaired) electrons. The van der Waals surface area contributed by atoms with Gasteiger partial charge in [0.15, 0.2) is 5.78 Å². The van der Waals surface area contributed by atoms with E-state index in [1.807, 2.05) is 0 Å². The Balaban J connectivity index is 1.26. The molecule has 0 fully saturated rings. The van der Waals surface area contributed by atoms with Crippen molar-refractivity contribution < 1.29 is 53.2 Å². The Bertz CT molecular complexity index is 1960. The first-order valence-corrected chi connectivity index (χ1v) is 15.2. The molecule has 2 atom stereocenters. The number of benzene rings is 4. The van der Waals surface area contributed by atoms with Crippen molar-refractivity contribution in [2.75, 3.05) is 14.2 Å². The van der Waals surface area contributed by atoms with Gasteiger partial charge < -0.3 is 19.7 Å². The number of imide groups is 2. The van der Waals surface area contributed by atoms with E-state index in [-0.39, 0.29) is 57.7 Å². The van der Waals surface area contributed by atoms with Gasteiger partial charge in [-0.2, -0.15) is 0 Å². The van der Waals surface area contributed by atoms with Gasteiger partial charge in [-0.05, 0) is 59.7 Å². The lowest BCUT2D eigenvalue weighted by atomic mass is 9.96. The van der Waals surface area contributed by atoms with E-state index in [9.17, 15) is 43.8 Å². The largest absolute Gasteiger partial charge is 0.508 e. The van der Waals surface area contributed by atoms with Crippen molar-refractivity contribution in [3.05, 3.63) is 129 Å². The van der Waals surface area contributed by atoms with E-state index in [0.29, 0.717) is 11.1 Å². The molecule has 0 aromatic heterocycles. The fourth-order valence-corrected chi connectivity index (χ4v) is 6.08. The number of ether oxygens (including phenoxy) is 2. The molecule has 4 amide bonds. The highest BCUT2D eigenvalue weighted by Gasteiger charge is 2.45. The summed E-state index contributed by atoms with van der Waals surface area (Å²) in [5.74, 6) is -5.47. The van der Waals surface area contributed by atoms with Gasteiger partial charge in [-0.25, -0.2) is 9.59 Å². The minimum absolute atomic E-state index is 0.00559. The van der Waals surface area contributed by atoms with Crippen molar-refractivity contribution in [2.24, 2.45) is 0 Å². The zero-order valence-electron chi connectivity index (χ0n) is 26.6. The number of ketones is 1. The Morgan fingerprint density at radius 3 is 1.22 bits per heavy atom. The van der Waals surface area contributed by atoms with Crippen LogP contribution < -0.4 is 0 Å². The van der Waals surface area contributed by atoms with Crippen LogP contribution in [0.15, 0.2) is 84.9 Å². The van der Waals surface area contributed by atoms with Gasteiger partial charge >= 0.3 is 11.9 Å². The molecular formula is C37H28N2O11. The molecule has 13 heteroatoms. The normalized spacial score (nSPS) is 14.7. The molecule has 0 spiro atoms. The first-order chi connectivity index (χ1) is 23.9. The number of rotatable bonds is 10. The summed E-state index contributed by atoms with van der Waals surface area (Å²) in [7, 11) is 2.25. The molecule has 2 heterocycles. The van der Waals surface area contributed by atoms with Crippen LogP contribution in [0, 0.1) is 0 Å². The summed E-state index contributed by atoms with van der Waals surface area (Å²) >= 11 is 0. The highest BCUT2D eigenvalue weighted by atomic mass is 16.5. The summed E-state index contributed by atoms with van der Waals surface area (Å²) in [5.41, 5.74) is 0.794. The molecule has 2 aliphatic rings. The second kappa shape index (κ2) is 13.1. The molecule has 0 unspecified atom stereocenters. The molecule has 2 N–H and O–H groups in total. The lowest BCUT2D eigenvalue weighted by molar-refractivity contribution is -0.145. The van der Waals surface area contributed by atoms with E-state index in [0.717, 1.165) is 24.0 Å². The van der Waals surface area contributed by atoms with Crippen LogP contribution >= 0.6 is 0 Å². The van der Waals surface area contributed by atoms with Gasteiger partial charge in [0.05, 0.1) is 36.5 Å². The highest BCUT2D eigenvalue weighted by molar-refractivity contribution is 6.25. The summed E-state index contributed by atoms with van der Waals surface area (Å²) in [6.45, 7) is 0. The highest BCUT2D eigenvalue weighted by Crippen LogP contribution is 2.31. The van der Waals surface area contributed by atoms with E-state index in [1.165, 1.54) is 60.7 Å². The number of phenols is 2. The summed E-state index contributed by atoms with van der Waals surface area (Å²) in [4.78, 5) is 94.8. The summed E-state index contributed by atoms with van der Waals surface area (Å²) in [6, 6.07) is 16.8. The molecule has 0 aliphatic carbocycles. The summed E-state index contributed by atoms with van der Waals surface area (Å²) in [5, 5.41) is 19.2. The number of methoxy groups -OCH3 is 2. The van der Waals surface area contributed by atoms with Gasteiger partial charge in [0.25, 0.3) is 23.6 Å². The second-order valence-corrected chi connectivity index (χ2v) is 11.6. The Labute approximate surface area is 284 Å². The monoisotopic (exact) mass is 676 g/mol. The quantitative estimate of drug-likeness (QED) is 0.143. The third-order valence-electron chi connectivity index (χ3n) is 8.66. The van der Waals surface area contributed by atoms with E-state index in [1.54, 1.807) is 24.3 Å². The maximum absolute atomic E-state index is 13.7. The minimum Gasteiger partial charge on any atom is -0.508 e. The molecule has 6 rings (SSSR count). The number of hydrogen-bond donors (Lipinski definition) is 2. The molecule has 4 aromatic carbocycles. The van der Waals surface area contributed by atoms with E-state index >= 15 is 0 Å². The van der Waals surface area contributed by atoms with Crippen molar-refractivity contribution in [3.63, 3.8) is 0 Å². The smallest absolute Gasteiger partial charge is 0.329 e. The number of carbonyl (C=O) groups is 7. The van der Waals surface area contributed by atoms with Gasteiger partial charge in [0.1, 0.15) is 23.6 Å². The number of fused-ring (bicyclic) bond motifs is 2. The van der Waals surface area contributed by atoms with E-state index < -0.39 is 53.4 Å². The Kier molecular flexibility index (Phi) is 8.73. The molecule has 0 saturated carbocycles. The van der Waals surface area contributed by atoms with Crippen molar-refractivity contribution in [1.82, 2.24) is 9.80 Å². The van der Waals surface area contributed by atoms with Crippen LogP contribution in [-0.2, 0) is 31.9 Å². The van der Waals surface area contributed by atoms with Gasteiger partial charge in [-0.3, -0.25) is 33.8 Å². The van der Waals surface area contributed by atoms with Gasteiger partial charge in [0, 0.05) is 24.0 Å². The molecule has 0 saturated heterocycles. The Hall–Kier alpha value is -6.63. The molecular weight excluding hydrogens is 648 g/mol. The first kappa shape index (κ1) is 33.3. The number of esters is 2. The predicted molar refractivity (Wildman–Crippen MR) is 173 cm³/mol. The molecule has 0 bridgehead atoms. The molecule has 50 heavy (non-hydrogen) atoms. The van der Waals surface area contributed by atoms with Crippen molar-refractivity contribution in [1.29, 1.82) is 0 Å². The predicted octanol–water partition coefficient (Wildman–Crippen LogP) is 3.09. The Morgan fingerprint density at radius 2 is 0.880 bits per heavy atom. The van der Waals surface area contributed by atoms with Gasteiger partial charge in [-0.15, -0.1) is 0 Å². The van der Waals surface area contributed by atoms with Crippen LogP contribution in [0.1, 0.15) is 68.5 Å². The van der Waals surface area contributed by atoms with E-state index in [4.69, 9.17) is 9.47 Å². The standard InChI is InChI=1S/C37H28N2O11/c1-49-36(47)29(15-19-3-9-23(40)10-4-19)38-32(43)25-13-7-21(17-27(25)34(38)45)31(42)22-8-14-26-28(18-22)35(46)39(33(26)44)30(37(48)50-2)16-20-5-11-24(41)12-6-20/h3-14,17-18,29-30,40-41H,15-16H2,1-2H3/t29-,30-/m0/s1. The maximum Gasteiger partial charge on any atom is 0.329 e. The van der Waals surface area contributed by atoms with Crippen molar-refractivity contribution >= 4 is 41.4 Å². The lowest BCUT2D eigenvalue weighted by Gasteiger charge is -2.24. The lowest BCUT2D eigenvalue weighted by Crippen LogP contribution is -2.46. The van der Waals surface area contributed by atoms with Crippen molar-refractivity contribution in [2.45, 2.75) is 24.9 Å². The van der Waals surface area contributed by atoms with Crippen LogP contribution in [0.4, 0.5) is 0 Å². The fraction of sp³-hybridized carbons (Fsp3) is 0.162. The third-order valence-corrected chi connectivity index (χ3v) is 8.66. The fourth-order valence-electron chi connectivity index (χ4n) is 6.08. The SMILES string of the molecule is COC(=O)[C@H](Cc1ccc(O)cc1)N1C(=O)c2ccc(C(=O)c3ccc4c(c3)C(=O)N([C@@H](Cc3ccc(O)cc3)C(=O)OC)C4=O)cc2C1=O. The number of aromatic hydroxyl groups is 2.